The Morgan fingerprint density at radius 3 is 2.43 bits per heavy atom. The van der Waals surface area contributed by atoms with Crippen molar-refractivity contribution in [1.82, 2.24) is 4.98 Å². The van der Waals surface area contributed by atoms with E-state index in [1.165, 1.54) is 50.6 Å². The third-order valence-electron chi connectivity index (χ3n) is 3.78. The summed E-state index contributed by atoms with van der Waals surface area (Å²) in [5.41, 5.74) is 6.67. The number of nitrogen functional groups attached to an aromatic ring is 1. The van der Waals surface area contributed by atoms with E-state index in [0.29, 0.717) is 5.69 Å². The molecule has 0 saturated heterocycles. The number of carbonyl (C=O) groups excluding carboxylic acids is 2. The first-order valence-electron chi connectivity index (χ1n) is 8.81. The maximum atomic E-state index is 12.9. The summed E-state index contributed by atoms with van der Waals surface area (Å²) in [5, 5.41) is 2.68. The Bertz CT molecular complexity index is 958. The van der Waals surface area contributed by atoms with Gasteiger partial charge in [0.05, 0.1) is 25.5 Å². The first-order chi connectivity index (χ1) is 14.5. The molecule has 0 unspecified atom stereocenters. The molecule has 0 spiro atoms. The average Bonchev–Trinajstić information content (AvgIpc) is 2.76. The number of nitrogens with zero attached hydrogens (tertiary/aromatic N) is 1. The van der Waals surface area contributed by atoms with Gasteiger partial charge in [0, 0.05) is 0 Å². The quantitative estimate of drug-likeness (QED) is 0.346. The highest BCUT2D eigenvalue weighted by molar-refractivity contribution is 6.08. The molecule has 9 nitrogen and oxygen atoms in total. The number of pyridine rings is 1. The van der Waals surface area contributed by atoms with Crippen molar-refractivity contribution < 1.29 is 28.5 Å². The number of amides is 1. The van der Waals surface area contributed by atoms with E-state index in [2.05, 4.69) is 23.5 Å². The Labute approximate surface area is 174 Å². The summed E-state index contributed by atoms with van der Waals surface area (Å²) >= 11 is 0. The number of ether oxygens (including phenoxy) is 4. The van der Waals surface area contributed by atoms with Crippen LogP contribution in [0.15, 0.2) is 49.6 Å². The number of nitrogens with one attached hydrogen (secondary N) is 1. The van der Waals surface area contributed by atoms with E-state index >= 15 is 0 Å². The highest BCUT2D eigenvalue weighted by Gasteiger charge is 2.21. The summed E-state index contributed by atoms with van der Waals surface area (Å²) < 4.78 is 21.0. The van der Waals surface area contributed by atoms with E-state index in [0.717, 1.165) is 0 Å². The minimum atomic E-state index is -0.644. The molecule has 0 aliphatic rings. The zero-order chi connectivity index (χ0) is 22.1. The predicted octanol–water partition coefficient (Wildman–Crippen LogP) is 2.84. The van der Waals surface area contributed by atoms with Crippen LogP contribution in [0.25, 0.3) is 0 Å². The van der Waals surface area contributed by atoms with Crippen LogP contribution in [0.4, 0.5) is 11.4 Å². The molecule has 0 saturated carbocycles. The molecule has 0 aliphatic carbocycles. The summed E-state index contributed by atoms with van der Waals surface area (Å²) in [6.07, 6.45) is 2.97. The molecule has 9 heteroatoms. The van der Waals surface area contributed by atoms with E-state index in [4.69, 9.17) is 24.7 Å². The van der Waals surface area contributed by atoms with Crippen molar-refractivity contribution >= 4 is 23.3 Å². The van der Waals surface area contributed by atoms with Crippen molar-refractivity contribution in [3.8, 4) is 17.4 Å². The van der Waals surface area contributed by atoms with Gasteiger partial charge < -0.3 is 30.0 Å². The number of hydrogen-bond acceptors (Lipinski definition) is 8. The molecular formula is C21H23N3O6. The topological polar surface area (TPSA) is 122 Å². The zero-order valence-electron chi connectivity index (χ0n) is 16.8. The van der Waals surface area contributed by atoms with Gasteiger partial charge in [-0.15, -0.1) is 0 Å². The average molecular weight is 413 g/mol. The second-order valence-electron chi connectivity index (χ2n) is 5.76. The molecule has 1 aromatic heterocycles. The lowest BCUT2D eigenvalue weighted by Gasteiger charge is -2.16. The van der Waals surface area contributed by atoms with Gasteiger partial charge in [0.1, 0.15) is 18.9 Å². The van der Waals surface area contributed by atoms with Gasteiger partial charge in [-0.1, -0.05) is 25.3 Å². The summed E-state index contributed by atoms with van der Waals surface area (Å²) in [5.74, 6) is -0.724. The lowest BCUT2D eigenvalue weighted by atomic mass is 10.1. The SMILES string of the molecule is C=CCOC(=O)c1ccc(NC(=O)c2ccc(N)c(OC)c2OCC=C)c(OC)n1. The number of methoxy groups -OCH3 is 2. The van der Waals surface area contributed by atoms with Gasteiger partial charge >= 0.3 is 5.97 Å². The monoisotopic (exact) mass is 413 g/mol. The lowest BCUT2D eigenvalue weighted by Crippen LogP contribution is -2.16. The Hall–Kier alpha value is -4.01. The Kier molecular flexibility index (Phi) is 7.81. The highest BCUT2D eigenvalue weighted by atomic mass is 16.5. The van der Waals surface area contributed by atoms with Crippen molar-refractivity contribution in [2.45, 2.75) is 0 Å². The fraction of sp³-hybridized carbons (Fsp3) is 0.190. The van der Waals surface area contributed by atoms with Crippen LogP contribution in [0.1, 0.15) is 20.8 Å². The maximum absolute atomic E-state index is 12.9. The van der Waals surface area contributed by atoms with Crippen molar-refractivity contribution in [3.63, 3.8) is 0 Å². The number of rotatable bonds is 10. The van der Waals surface area contributed by atoms with E-state index in [-0.39, 0.29) is 47.5 Å². The third-order valence-corrected chi connectivity index (χ3v) is 3.78. The molecule has 0 atom stereocenters. The van der Waals surface area contributed by atoms with Crippen molar-refractivity contribution in [1.29, 1.82) is 0 Å². The van der Waals surface area contributed by atoms with Gasteiger partial charge in [-0.2, -0.15) is 0 Å². The second kappa shape index (κ2) is 10.5. The van der Waals surface area contributed by atoms with Gasteiger partial charge in [0.25, 0.3) is 5.91 Å². The highest BCUT2D eigenvalue weighted by Crippen LogP contribution is 2.37. The first-order valence-corrected chi connectivity index (χ1v) is 8.81. The molecule has 1 aromatic carbocycles. The summed E-state index contributed by atoms with van der Waals surface area (Å²) in [4.78, 5) is 28.9. The standard InChI is InChI=1S/C21H23N3O6/c1-5-11-29-17-13(7-8-14(22)18(17)27-3)19(25)23-15-9-10-16(24-20(15)28-4)21(26)30-12-6-2/h5-10H,1-2,11-12,22H2,3-4H3,(H,23,25). The fourth-order valence-corrected chi connectivity index (χ4v) is 2.46. The van der Waals surface area contributed by atoms with Gasteiger partial charge in [-0.05, 0) is 24.3 Å². The summed E-state index contributed by atoms with van der Waals surface area (Å²) in [7, 11) is 2.78. The molecule has 0 bridgehead atoms. The van der Waals surface area contributed by atoms with E-state index in [1.54, 1.807) is 0 Å². The smallest absolute Gasteiger partial charge is 0.357 e. The molecular weight excluding hydrogens is 390 g/mol. The Morgan fingerprint density at radius 2 is 1.80 bits per heavy atom. The molecule has 2 rings (SSSR count). The van der Waals surface area contributed by atoms with Crippen LogP contribution in [0.3, 0.4) is 0 Å². The van der Waals surface area contributed by atoms with Crippen molar-refractivity contribution in [3.05, 3.63) is 60.8 Å². The van der Waals surface area contributed by atoms with Crippen LogP contribution in [-0.2, 0) is 4.74 Å². The van der Waals surface area contributed by atoms with Gasteiger partial charge in [-0.3, -0.25) is 4.79 Å². The third kappa shape index (κ3) is 5.07. The van der Waals surface area contributed by atoms with Gasteiger partial charge in [-0.25, -0.2) is 9.78 Å². The normalized spacial score (nSPS) is 9.93. The van der Waals surface area contributed by atoms with Gasteiger partial charge in [0.2, 0.25) is 5.88 Å². The van der Waals surface area contributed by atoms with Crippen LogP contribution in [-0.4, -0.2) is 44.3 Å². The van der Waals surface area contributed by atoms with Gasteiger partial charge in [0.15, 0.2) is 17.2 Å². The molecule has 1 heterocycles. The van der Waals surface area contributed by atoms with Crippen LogP contribution >= 0.6 is 0 Å². The number of benzene rings is 1. The molecule has 0 radical (unpaired) electrons. The molecule has 30 heavy (non-hydrogen) atoms. The van der Waals surface area contributed by atoms with Crippen LogP contribution < -0.4 is 25.3 Å². The minimum absolute atomic E-state index is 0.0239. The lowest BCUT2D eigenvalue weighted by molar-refractivity contribution is 0.0542. The molecule has 2 aromatic rings. The largest absolute Gasteiger partial charge is 0.491 e. The maximum Gasteiger partial charge on any atom is 0.357 e. The number of aromatic nitrogens is 1. The van der Waals surface area contributed by atoms with E-state index in [9.17, 15) is 9.59 Å². The van der Waals surface area contributed by atoms with E-state index in [1.807, 2.05) is 0 Å². The number of anilines is 2. The Morgan fingerprint density at radius 1 is 1.07 bits per heavy atom. The van der Waals surface area contributed by atoms with Crippen LogP contribution in [0.2, 0.25) is 0 Å². The molecule has 0 aliphatic heterocycles. The second-order valence-corrected chi connectivity index (χ2v) is 5.76. The van der Waals surface area contributed by atoms with Crippen molar-refractivity contribution in [2.24, 2.45) is 0 Å². The van der Waals surface area contributed by atoms with E-state index < -0.39 is 11.9 Å². The number of hydrogen-bond donors (Lipinski definition) is 2. The molecule has 3 N–H and O–H groups in total. The number of nitrogens with two attached hydrogens (primary N) is 1. The summed E-state index contributed by atoms with van der Waals surface area (Å²) in [6.45, 7) is 7.27. The van der Waals surface area contributed by atoms with Crippen LogP contribution in [0.5, 0.6) is 17.4 Å². The van der Waals surface area contributed by atoms with Crippen LogP contribution in [0, 0.1) is 0 Å². The molecule has 0 fully saturated rings. The molecule has 1 amide bonds. The summed E-state index contributed by atoms with van der Waals surface area (Å²) in [6, 6.07) is 5.92. The fourth-order valence-electron chi connectivity index (χ4n) is 2.46. The van der Waals surface area contributed by atoms with Crippen molar-refractivity contribution in [2.75, 3.05) is 38.5 Å². The molecule has 158 valence electrons. The zero-order valence-corrected chi connectivity index (χ0v) is 16.8. The number of esters is 1. The Balaban J connectivity index is 2.34. The number of carbonyl (C=O) groups is 2. The predicted molar refractivity (Wildman–Crippen MR) is 112 cm³/mol. The first kappa shape index (κ1) is 22.3. The minimum Gasteiger partial charge on any atom is -0.491 e.